The fraction of sp³-hybridized carbons (Fsp3) is 1.00. The van der Waals surface area contributed by atoms with E-state index in [9.17, 15) is 0 Å². The highest BCUT2D eigenvalue weighted by molar-refractivity contribution is 4.57. The van der Waals surface area contributed by atoms with Gasteiger partial charge in [0.05, 0.1) is 12.7 Å². The molecular formula is C13H30N2O. The third-order valence-corrected chi connectivity index (χ3v) is 2.73. The highest BCUT2D eigenvalue weighted by Crippen LogP contribution is 1.97. The topological polar surface area (TPSA) is 24.5 Å². The molecule has 0 aromatic rings. The SMILES string of the molecule is CC(C)OCCNCCCCN(C)C(C)C. The van der Waals surface area contributed by atoms with Gasteiger partial charge in [-0.3, -0.25) is 0 Å². The lowest BCUT2D eigenvalue weighted by molar-refractivity contribution is 0.0808. The Morgan fingerprint density at radius 2 is 1.75 bits per heavy atom. The zero-order valence-electron chi connectivity index (χ0n) is 11.8. The summed E-state index contributed by atoms with van der Waals surface area (Å²) in [6, 6.07) is 0.660. The van der Waals surface area contributed by atoms with E-state index in [1.165, 1.54) is 19.4 Å². The van der Waals surface area contributed by atoms with Gasteiger partial charge in [0, 0.05) is 12.6 Å². The van der Waals surface area contributed by atoms with Crippen molar-refractivity contribution in [3.63, 3.8) is 0 Å². The van der Waals surface area contributed by atoms with Gasteiger partial charge in [0.2, 0.25) is 0 Å². The van der Waals surface area contributed by atoms with Crippen LogP contribution in [0.4, 0.5) is 0 Å². The Labute approximate surface area is 102 Å². The smallest absolute Gasteiger partial charge is 0.0594 e. The number of nitrogens with one attached hydrogen (secondary N) is 1. The molecule has 0 rings (SSSR count). The molecule has 0 saturated carbocycles. The summed E-state index contributed by atoms with van der Waals surface area (Å²) in [5.41, 5.74) is 0. The first-order chi connectivity index (χ1) is 7.54. The van der Waals surface area contributed by atoms with Crippen molar-refractivity contribution in [1.82, 2.24) is 10.2 Å². The summed E-state index contributed by atoms with van der Waals surface area (Å²) in [5, 5.41) is 3.40. The summed E-state index contributed by atoms with van der Waals surface area (Å²) >= 11 is 0. The average molecular weight is 230 g/mol. The van der Waals surface area contributed by atoms with E-state index < -0.39 is 0 Å². The normalized spacial score (nSPS) is 12.0. The van der Waals surface area contributed by atoms with Crippen LogP contribution in [0, 0.1) is 0 Å². The number of unbranched alkanes of at least 4 members (excludes halogenated alkanes) is 1. The van der Waals surface area contributed by atoms with Crippen LogP contribution in [0.2, 0.25) is 0 Å². The molecule has 0 unspecified atom stereocenters. The maximum atomic E-state index is 5.45. The number of hydrogen-bond donors (Lipinski definition) is 1. The second-order valence-electron chi connectivity index (χ2n) is 4.95. The maximum Gasteiger partial charge on any atom is 0.0594 e. The molecule has 0 radical (unpaired) electrons. The molecule has 16 heavy (non-hydrogen) atoms. The molecule has 1 N–H and O–H groups in total. The Balaban J connectivity index is 3.10. The van der Waals surface area contributed by atoms with Crippen molar-refractivity contribution in [1.29, 1.82) is 0 Å². The lowest BCUT2D eigenvalue weighted by Gasteiger charge is -2.20. The van der Waals surface area contributed by atoms with Crippen molar-refractivity contribution >= 4 is 0 Å². The van der Waals surface area contributed by atoms with Crippen LogP contribution in [0.15, 0.2) is 0 Å². The molecule has 0 aliphatic carbocycles. The van der Waals surface area contributed by atoms with Crippen LogP contribution in [0.25, 0.3) is 0 Å². The van der Waals surface area contributed by atoms with Crippen LogP contribution < -0.4 is 5.32 Å². The van der Waals surface area contributed by atoms with Crippen molar-refractivity contribution in [2.75, 3.05) is 33.3 Å². The zero-order valence-corrected chi connectivity index (χ0v) is 11.8. The molecule has 0 aromatic heterocycles. The number of hydrogen-bond acceptors (Lipinski definition) is 3. The van der Waals surface area contributed by atoms with Crippen molar-refractivity contribution in [2.24, 2.45) is 0 Å². The Morgan fingerprint density at radius 1 is 1.06 bits per heavy atom. The molecule has 3 nitrogen and oxygen atoms in total. The summed E-state index contributed by atoms with van der Waals surface area (Å²) in [5.74, 6) is 0. The first-order valence-corrected chi connectivity index (χ1v) is 6.56. The van der Waals surface area contributed by atoms with Gasteiger partial charge < -0.3 is 15.0 Å². The summed E-state index contributed by atoms with van der Waals surface area (Å²) in [4.78, 5) is 2.39. The average Bonchev–Trinajstić information content (AvgIpc) is 2.21. The molecule has 0 heterocycles. The third kappa shape index (κ3) is 10.4. The molecular weight excluding hydrogens is 200 g/mol. The maximum absolute atomic E-state index is 5.45. The molecule has 0 amide bonds. The lowest BCUT2D eigenvalue weighted by Crippen LogP contribution is -2.28. The van der Waals surface area contributed by atoms with Crippen LogP contribution in [0.5, 0.6) is 0 Å². The minimum absolute atomic E-state index is 0.349. The van der Waals surface area contributed by atoms with Crippen molar-refractivity contribution in [3.8, 4) is 0 Å². The quantitative estimate of drug-likeness (QED) is 0.582. The molecule has 0 spiro atoms. The van der Waals surface area contributed by atoms with Gasteiger partial charge in [0.25, 0.3) is 0 Å². The summed E-state index contributed by atoms with van der Waals surface area (Å²) in [6.07, 6.45) is 2.87. The number of nitrogens with zero attached hydrogens (tertiary/aromatic N) is 1. The minimum atomic E-state index is 0.349. The lowest BCUT2D eigenvalue weighted by atomic mass is 10.2. The number of ether oxygens (including phenoxy) is 1. The molecule has 0 aliphatic heterocycles. The van der Waals surface area contributed by atoms with Crippen LogP contribution >= 0.6 is 0 Å². The van der Waals surface area contributed by atoms with Crippen LogP contribution in [0.1, 0.15) is 40.5 Å². The first-order valence-electron chi connectivity index (χ1n) is 6.56. The van der Waals surface area contributed by atoms with Gasteiger partial charge in [0.15, 0.2) is 0 Å². The predicted octanol–water partition coefficient (Wildman–Crippen LogP) is 2.12. The van der Waals surface area contributed by atoms with E-state index in [0.717, 1.165) is 19.7 Å². The van der Waals surface area contributed by atoms with Crippen molar-refractivity contribution in [2.45, 2.75) is 52.7 Å². The van der Waals surface area contributed by atoms with E-state index in [4.69, 9.17) is 4.74 Å². The zero-order chi connectivity index (χ0) is 12.4. The van der Waals surface area contributed by atoms with E-state index in [1.54, 1.807) is 0 Å². The predicted molar refractivity (Wildman–Crippen MR) is 71.0 cm³/mol. The van der Waals surface area contributed by atoms with Gasteiger partial charge in [0.1, 0.15) is 0 Å². The Bertz CT molecular complexity index is 149. The van der Waals surface area contributed by atoms with E-state index in [2.05, 4.69) is 45.0 Å². The van der Waals surface area contributed by atoms with E-state index in [-0.39, 0.29) is 0 Å². The summed E-state index contributed by atoms with van der Waals surface area (Å²) < 4.78 is 5.45. The molecule has 3 heteroatoms. The Hall–Kier alpha value is -0.120. The standard InChI is InChI=1S/C13H30N2O/c1-12(2)15(5)10-7-6-8-14-9-11-16-13(3)4/h12-14H,6-11H2,1-5H3. The van der Waals surface area contributed by atoms with Gasteiger partial charge in [-0.2, -0.15) is 0 Å². The summed E-state index contributed by atoms with van der Waals surface area (Å²) in [7, 11) is 2.19. The molecule has 0 aliphatic rings. The van der Waals surface area contributed by atoms with Crippen LogP contribution in [-0.2, 0) is 4.74 Å². The van der Waals surface area contributed by atoms with Crippen LogP contribution in [0.3, 0.4) is 0 Å². The second kappa shape index (κ2) is 10.1. The fourth-order valence-electron chi connectivity index (χ4n) is 1.36. The highest BCUT2D eigenvalue weighted by atomic mass is 16.5. The highest BCUT2D eigenvalue weighted by Gasteiger charge is 2.01. The van der Waals surface area contributed by atoms with Gasteiger partial charge in [-0.1, -0.05) is 0 Å². The largest absolute Gasteiger partial charge is 0.377 e. The molecule has 0 fully saturated rings. The van der Waals surface area contributed by atoms with Gasteiger partial charge in [-0.05, 0) is 60.7 Å². The molecule has 0 atom stereocenters. The third-order valence-electron chi connectivity index (χ3n) is 2.73. The molecule has 0 saturated heterocycles. The molecule has 0 bridgehead atoms. The van der Waals surface area contributed by atoms with E-state index in [1.807, 2.05) is 0 Å². The van der Waals surface area contributed by atoms with E-state index >= 15 is 0 Å². The molecule has 0 aromatic carbocycles. The second-order valence-corrected chi connectivity index (χ2v) is 4.95. The number of rotatable bonds is 10. The fourth-order valence-corrected chi connectivity index (χ4v) is 1.36. The Kier molecular flexibility index (Phi) is 9.99. The summed E-state index contributed by atoms with van der Waals surface area (Å²) in [6.45, 7) is 12.7. The van der Waals surface area contributed by atoms with Crippen molar-refractivity contribution < 1.29 is 4.74 Å². The molecule has 98 valence electrons. The monoisotopic (exact) mass is 230 g/mol. The minimum Gasteiger partial charge on any atom is -0.377 e. The van der Waals surface area contributed by atoms with Gasteiger partial charge in [-0.25, -0.2) is 0 Å². The van der Waals surface area contributed by atoms with Crippen LogP contribution in [-0.4, -0.2) is 50.3 Å². The Morgan fingerprint density at radius 3 is 2.31 bits per heavy atom. The van der Waals surface area contributed by atoms with Gasteiger partial charge >= 0.3 is 0 Å². The van der Waals surface area contributed by atoms with Gasteiger partial charge in [-0.15, -0.1) is 0 Å². The van der Waals surface area contributed by atoms with Crippen molar-refractivity contribution in [3.05, 3.63) is 0 Å². The first kappa shape index (κ1) is 15.9. The van der Waals surface area contributed by atoms with E-state index in [0.29, 0.717) is 12.1 Å².